The molecule has 1 unspecified atom stereocenters. The topological polar surface area (TPSA) is 106 Å². The maximum absolute atomic E-state index is 12.6. The molecule has 1 aliphatic heterocycles. The molecule has 0 aromatic carbocycles. The predicted octanol–water partition coefficient (Wildman–Crippen LogP) is 1.06. The Hall–Kier alpha value is -2.71. The fourth-order valence-electron chi connectivity index (χ4n) is 4.64. The van der Waals surface area contributed by atoms with Crippen molar-refractivity contribution in [1.29, 1.82) is 0 Å². The van der Waals surface area contributed by atoms with Crippen LogP contribution in [0.25, 0.3) is 0 Å². The Balaban J connectivity index is 1.56. The van der Waals surface area contributed by atoms with Gasteiger partial charge in [0.15, 0.2) is 5.82 Å². The Morgan fingerprint density at radius 3 is 2.79 bits per heavy atom. The van der Waals surface area contributed by atoms with E-state index in [1.54, 1.807) is 30.9 Å². The molecule has 2 fully saturated rings. The first-order chi connectivity index (χ1) is 13.3. The van der Waals surface area contributed by atoms with Gasteiger partial charge in [-0.15, -0.1) is 0 Å². The summed E-state index contributed by atoms with van der Waals surface area (Å²) in [5.41, 5.74) is -0.00714. The van der Waals surface area contributed by atoms with Crippen LogP contribution < -0.4 is 5.32 Å². The van der Waals surface area contributed by atoms with Crippen LogP contribution in [0.3, 0.4) is 0 Å². The molecule has 150 valence electrons. The fourth-order valence-corrected chi connectivity index (χ4v) is 4.64. The number of fused-ring (bicyclic) bond motifs is 1. The third kappa shape index (κ3) is 3.08. The van der Waals surface area contributed by atoms with E-state index in [0.717, 1.165) is 6.42 Å². The summed E-state index contributed by atoms with van der Waals surface area (Å²) < 4.78 is 7.16. The van der Waals surface area contributed by atoms with Crippen LogP contribution in [-0.4, -0.2) is 55.8 Å². The van der Waals surface area contributed by atoms with E-state index in [2.05, 4.69) is 20.6 Å². The van der Waals surface area contributed by atoms with Crippen LogP contribution in [0.15, 0.2) is 16.8 Å². The van der Waals surface area contributed by atoms with E-state index < -0.39 is 5.41 Å². The first-order valence-corrected chi connectivity index (χ1v) is 9.68. The second-order valence-corrected chi connectivity index (χ2v) is 8.36. The van der Waals surface area contributed by atoms with Crippen LogP contribution in [0.1, 0.15) is 48.9 Å². The molecular weight excluding hydrogens is 360 g/mol. The number of hydrogen-bond acceptors (Lipinski definition) is 6. The summed E-state index contributed by atoms with van der Waals surface area (Å²) in [6, 6.07) is 1.67. The molecule has 1 saturated heterocycles. The third-order valence-corrected chi connectivity index (χ3v) is 5.92. The molecule has 28 heavy (non-hydrogen) atoms. The SMILES string of the molecule is Cc1noc([C@]23C[C@H](NC(=O)c4ccn(C)n4)CC2CN(C(=O)C(C)C)C3)n1. The monoisotopic (exact) mass is 386 g/mol. The van der Waals surface area contributed by atoms with Crippen LogP contribution in [0.2, 0.25) is 0 Å². The Morgan fingerprint density at radius 1 is 1.39 bits per heavy atom. The zero-order valence-electron chi connectivity index (χ0n) is 16.7. The molecular formula is C19H26N6O3. The van der Waals surface area contributed by atoms with Crippen molar-refractivity contribution in [1.82, 2.24) is 30.1 Å². The van der Waals surface area contributed by atoms with E-state index in [1.807, 2.05) is 18.7 Å². The van der Waals surface area contributed by atoms with Crippen LogP contribution in [0.5, 0.6) is 0 Å². The number of nitrogens with one attached hydrogen (secondary N) is 1. The Bertz CT molecular complexity index is 903. The maximum Gasteiger partial charge on any atom is 0.271 e. The second kappa shape index (κ2) is 6.72. The molecule has 2 aromatic heterocycles. The normalized spacial score (nSPS) is 26.7. The first kappa shape index (κ1) is 18.6. The van der Waals surface area contributed by atoms with Gasteiger partial charge in [0.1, 0.15) is 5.69 Å². The fraction of sp³-hybridized carbons (Fsp3) is 0.632. The van der Waals surface area contributed by atoms with Gasteiger partial charge in [-0.2, -0.15) is 10.1 Å². The van der Waals surface area contributed by atoms with E-state index in [1.165, 1.54) is 0 Å². The minimum absolute atomic E-state index is 0.0250. The highest BCUT2D eigenvalue weighted by atomic mass is 16.5. The van der Waals surface area contributed by atoms with Crippen molar-refractivity contribution in [2.45, 2.75) is 45.1 Å². The van der Waals surface area contributed by atoms with Crippen molar-refractivity contribution in [3.8, 4) is 0 Å². The number of hydrogen-bond donors (Lipinski definition) is 1. The third-order valence-electron chi connectivity index (χ3n) is 5.92. The van der Waals surface area contributed by atoms with Gasteiger partial charge >= 0.3 is 0 Å². The number of likely N-dealkylation sites (tertiary alicyclic amines) is 1. The van der Waals surface area contributed by atoms with Crippen molar-refractivity contribution in [3.63, 3.8) is 0 Å². The molecule has 0 radical (unpaired) electrons. The largest absolute Gasteiger partial charge is 0.348 e. The molecule has 3 atom stereocenters. The zero-order chi connectivity index (χ0) is 20.1. The smallest absolute Gasteiger partial charge is 0.271 e. The molecule has 0 spiro atoms. The average Bonchev–Trinajstić information content (AvgIpc) is 3.37. The summed E-state index contributed by atoms with van der Waals surface area (Å²) in [5.74, 6) is 1.22. The molecule has 2 aliphatic rings. The standard InChI is InChI=1S/C19H26N6O3/c1-11(2)17(27)25-9-13-7-14(21-16(26)15-5-6-24(4)22-15)8-19(13,10-25)18-20-12(3)23-28-18/h5-6,11,13-14H,7-10H2,1-4H3,(H,21,26)/t13?,14-,19+/m1/s1. The van der Waals surface area contributed by atoms with E-state index in [-0.39, 0.29) is 29.7 Å². The highest BCUT2D eigenvalue weighted by Crippen LogP contribution is 2.50. The highest BCUT2D eigenvalue weighted by molar-refractivity contribution is 5.92. The lowest BCUT2D eigenvalue weighted by Gasteiger charge is -2.26. The highest BCUT2D eigenvalue weighted by Gasteiger charge is 2.58. The van der Waals surface area contributed by atoms with Crippen molar-refractivity contribution in [2.75, 3.05) is 13.1 Å². The quantitative estimate of drug-likeness (QED) is 0.842. The Labute approximate surface area is 163 Å². The number of carbonyl (C=O) groups excluding carboxylic acids is 2. The van der Waals surface area contributed by atoms with Gasteiger partial charge in [-0.3, -0.25) is 14.3 Å². The molecule has 4 rings (SSSR count). The zero-order valence-corrected chi connectivity index (χ0v) is 16.7. The van der Waals surface area contributed by atoms with Crippen LogP contribution >= 0.6 is 0 Å². The number of rotatable bonds is 4. The van der Waals surface area contributed by atoms with Gasteiger partial charge in [-0.25, -0.2) is 0 Å². The summed E-state index contributed by atoms with van der Waals surface area (Å²) in [7, 11) is 1.78. The van der Waals surface area contributed by atoms with E-state index in [0.29, 0.717) is 36.9 Å². The van der Waals surface area contributed by atoms with Crippen LogP contribution in [0.4, 0.5) is 0 Å². The molecule has 1 aliphatic carbocycles. The minimum atomic E-state index is -0.409. The van der Waals surface area contributed by atoms with Crippen molar-refractivity contribution < 1.29 is 14.1 Å². The molecule has 1 N–H and O–H groups in total. The number of nitrogens with zero attached hydrogens (tertiary/aromatic N) is 5. The lowest BCUT2D eigenvalue weighted by Crippen LogP contribution is -2.40. The number of aromatic nitrogens is 4. The molecule has 3 heterocycles. The van der Waals surface area contributed by atoms with Gasteiger partial charge < -0.3 is 14.7 Å². The summed E-state index contributed by atoms with van der Waals surface area (Å²) in [4.78, 5) is 31.5. The minimum Gasteiger partial charge on any atom is -0.348 e. The van der Waals surface area contributed by atoms with Gasteiger partial charge in [0.2, 0.25) is 11.8 Å². The lowest BCUT2D eigenvalue weighted by molar-refractivity contribution is -0.133. The number of amides is 2. The summed E-state index contributed by atoms with van der Waals surface area (Å²) in [6.45, 7) is 6.81. The molecule has 2 amide bonds. The maximum atomic E-state index is 12.6. The Kier molecular flexibility index (Phi) is 4.47. The van der Waals surface area contributed by atoms with Gasteiger partial charge in [0.05, 0.1) is 5.41 Å². The van der Waals surface area contributed by atoms with Crippen molar-refractivity contribution >= 4 is 11.8 Å². The Morgan fingerprint density at radius 2 is 2.18 bits per heavy atom. The van der Waals surface area contributed by atoms with Gasteiger partial charge in [0.25, 0.3) is 5.91 Å². The van der Waals surface area contributed by atoms with E-state index in [4.69, 9.17) is 4.52 Å². The molecule has 2 aromatic rings. The first-order valence-electron chi connectivity index (χ1n) is 9.68. The van der Waals surface area contributed by atoms with Gasteiger partial charge in [-0.1, -0.05) is 19.0 Å². The second-order valence-electron chi connectivity index (χ2n) is 8.36. The van der Waals surface area contributed by atoms with Crippen LogP contribution in [0, 0.1) is 18.8 Å². The number of carbonyl (C=O) groups is 2. The summed E-state index contributed by atoms with van der Waals surface area (Å²) in [6.07, 6.45) is 3.18. The summed E-state index contributed by atoms with van der Waals surface area (Å²) >= 11 is 0. The number of aryl methyl sites for hydroxylation is 2. The molecule has 1 saturated carbocycles. The van der Waals surface area contributed by atoms with E-state index in [9.17, 15) is 9.59 Å². The summed E-state index contributed by atoms with van der Waals surface area (Å²) in [5, 5.41) is 11.2. The molecule has 0 bridgehead atoms. The predicted molar refractivity (Wildman–Crippen MR) is 99.3 cm³/mol. The van der Waals surface area contributed by atoms with Gasteiger partial charge in [-0.05, 0) is 31.7 Å². The van der Waals surface area contributed by atoms with Crippen molar-refractivity contribution in [3.05, 3.63) is 29.7 Å². The molecule has 9 nitrogen and oxygen atoms in total. The van der Waals surface area contributed by atoms with E-state index >= 15 is 0 Å². The van der Waals surface area contributed by atoms with Gasteiger partial charge in [0, 0.05) is 38.3 Å². The van der Waals surface area contributed by atoms with Crippen molar-refractivity contribution in [2.24, 2.45) is 18.9 Å². The average molecular weight is 386 g/mol. The van der Waals surface area contributed by atoms with Crippen LogP contribution in [-0.2, 0) is 17.3 Å². The molecule has 9 heteroatoms. The lowest BCUT2D eigenvalue weighted by atomic mass is 9.80.